The molecule has 0 atom stereocenters. The largest absolute Gasteiger partial charge is 0.453 e. The van der Waals surface area contributed by atoms with Gasteiger partial charge in [0.1, 0.15) is 5.01 Å². The standard InChI is InChI=1S/C11H8F3N5S/c12-11(13,14)9-16-17-10-19(9)18-8(20-10)7-3-1-6(5-15)2-4-7/h1-4H,5,15H2. The highest BCUT2D eigenvalue weighted by Crippen LogP contribution is 2.31. The first-order chi connectivity index (χ1) is 9.49. The van der Waals surface area contributed by atoms with Gasteiger partial charge < -0.3 is 5.73 Å². The van der Waals surface area contributed by atoms with Crippen LogP contribution in [0.5, 0.6) is 0 Å². The Bertz CT molecular complexity index is 744. The predicted molar refractivity (Wildman–Crippen MR) is 67.0 cm³/mol. The number of alkyl halides is 3. The van der Waals surface area contributed by atoms with Gasteiger partial charge in [0.15, 0.2) is 0 Å². The molecule has 0 radical (unpaired) electrons. The molecule has 2 heterocycles. The Morgan fingerprint density at radius 3 is 2.45 bits per heavy atom. The van der Waals surface area contributed by atoms with Crippen molar-refractivity contribution in [1.82, 2.24) is 19.8 Å². The lowest BCUT2D eigenvalue weighted by Crippen LogP contribution is -2.11. The summed E-state index contributed by atoms with van der Waals surface area (Å²) in [5, 5.41) is 11.0. The van der Waals surface area contributed by atoms with Crippen molar-refractivity contribution >= 4 is 16.3 Å². The summed E-state index contributed by atoms with van der Waals surface area (Å²) < 4.78 is 38.8. The number of halogens is 3. The summed E-state index contributed by atoms with van der Waals surface area (Å²) in [6.07, 6.45) is -4.58. The van der Waals surface area contributed by atoms with Crippen LogP contribution < -0.4 is 5.73 Å². The van der Waals surface area contributed by atoms with Crippen molar-refractivity contribution in [2.75, 3.05) is 0 Å². The van der Waals surface area contributed by atoms with E-state index in [1.807, 2.05) is 12.1 Å². The molecule has 9 heteroatoms. The van der Waals surface area contributed by atoms with Gasteiger partial charge in [0, 0.05) is 12.1 Å². The van der Waals surface area contributed by atoms with Crippen molar-refractivity contribution in [2.45, 2.75) is 12.7 Å². The Labute approximate surface area is 114 Å². The molecule has 20 heavy (non-hydrogen) atoms. The molecule has 0 fully saturated rings. The maximum atomic E-state index is 12.7. The van der Waals surface area contributed by atoms with Crippen molar-refractivity contribution in [3.8, 4) is 10.6 Å². The van der Waals surface area contributed by atoms with Gasteiger partial charge in [-0.05, 0) is 5.56 Å². The first-order valence-corrected chi connectivity index (χ1v) is 6.39. The number of rotatable bonds is 2. The highest BCUT2D eigenvalue weighted by Gasteiger charge is 2.38. The summed E-state index contributed by atoms with van der Waals surface area (Å²) >= 11 is 1.05. The number of nitrogens with zero attached hydrogens (tertiary/aromatic N) is 4. The molecule has 0 bridgehead atoms. The Morgan fingerprint density at radius 1 is 1.15 bits per heavy atom. The minimum Gasteiger partial charge on any atom is -0.326 e. The lowest BCUT2D eigenvalue weighted by molar-refractivity contribution is -0.146. The summed E-state index contributed by atoms with van der Waals surface area (Å²) in [4.78, 5) is 0.107. The highest BCUT2D eigenvalue weighted by molar-refractivity contribution is 7.19. The molecule has 1 aromatic carbocycles. The van der Waals surface area contributed by atoms with Gasteiger partial charge in [0.25, 0.3) is 5.82 Å². The summed E-state index contributed by atoms with van der Waals surface area (Å²) in [5.74, 6) is -1.12. The van der Waals surface area contributed by atoms with E-state index >= 15 is 0 Å². The smallest absolute Gasteiger partial charge is 0.326 e. The average Bonchev–Trinajstić information content (AvgIpc) is 2.97. The fourth-order valence-electron chi connectivity index (χ4n) is 1.69. The second-order valence-corrected chi connectivity index (χ2v) is 4.98. The number of nitrogens with two attached hydrogens (primary N) is 1. The Hall–Kier alpha value is -2.00. The molecule has 0 aliphatic rings. The van der Waals surface area contributed by atoms with Gasteiger partial charge in [-0.1, -0.05) is 35.6 Å². The van der Waals surface area contributed by atoms with Gasteiger partial charge in [-0.2, -0.15) is 22.8 Å². The van der Waals surface area contributed by atoms with Crippen LogP contribution >= 0.6 is 11.3 Å². The highest BCUT2D eigenvalue weighted by atomic mass is 32.1. The Balaban J connectivity index is 2.06. The SMILES string of the molecule is NCc1ccc(-c2nn3c(C(F)(F)F)nnc3s2)cc1. The van der Waals surface area contributed by atoms with E-state index in [9.17, 15) is 13.2 Å². The molecule has 0 saturated carbocycles. The van der Waals surface area contributed by atoms with Crippen LogP contribution in [0.1, 0.15) is 11.4 Å². The van der Waals surface area contributed by atoms with E-state index in [-0.39, 0.29) is 4.96 Å². The molecule has 0 aliphatic heterocycles. The van der Waals surface area contributed by atoms with Crippen molar-refractivity contribution < 1.29 is 13.2 Å². The van der Waals surface area contributed by atoms with Crippen LogP contribution in [0.15, 0.2) is 24.3 Å². The molecule has 0 amide bonds. The number of hydrogen-bond donors (Lipinski definition) is 1. The maximum absolute atomic E-state index is 12.7. The van der Waals surface area contributed by atoms with Crippen molar-refractivity contribution in [3.05, 3.63) is 35.7 Å². The first-order valence-electron chi connectivity index (χ1n) is 5.58. The lowest BCUT2D eigenvalue weighted by Gasteiger charge is -2.00. The molecule has 3 rings (SSSR count). The normalized spacial score (nSPS) is 12.2. The third kappa shape index (κ3) is 2.14. The zero-order valence-electron chi connectivity index (χ0n) is 9.92. The van der Waals surface area contributed by atoms with Gasteiger partial charge in [-0.15, -0.1) is 10.2 Å². The van der Waals surface area contributed by atoms with Gasteiger partial charge in [-0.3, -0.25) is 0 Å². The van der Waals surface area contributed by atoms with E-state index in [1.54, 1.807) is 12.1 Å². The molecule has 0 unspecified atom stereocenters. The maximum Gasteiger partial charge on any atom is 0.453 e. The van der Waals surface area contributed by atoms with E-state index < -0.39 is 12.0 Å². The Morgan fingerprint density at radius 2 is 1.85 bits per heavy atom. The van der Waals surface area contributed by atoms with Gasteiger partial charge >= 0.3 is 6.18 Å². The van der Waals surface area contributed by atoms with E-state index in [1.165, 1.54) is 0 Å². The molecule has 2 aromatic heterocycles. The van der Waals surface area contributed by atoms with Gasteiger partial charge in [0.2, 0.25) is 4.96 Å². The predicted octanol–water partition coefficient (Wildman–Crippen LogP) is 2.33. The summed E-state index contributed by atoms with van der Waals surface area (Å²) in [6.45, 7) is 0.406. The van der Waals surface area contributed by atoms with Crippen molar-refractivity contribution in [3.63, 3.8) is 0 Å². The monoisotopic (exact) mass is 299 g/mol. The second-order valence-electron chi connectivity index (χ2n) is 4.02. The molecule has 0 spiro atoms. The van der Waals surface area contributed by atoms with Crippen LogP contribution in [0.2, 0.25) is 0 Å². The van der Waals surface area contributed by atoms with E-state index in [4.69, 9.17) is 5.73 Å². The molecule has 2 N–H and O–H groups in total. The number of benzene rings is 1. The van der Waals surface area contributed by atoms with Crippen molar-refractivity contribution in [1.29, 1.82) is 0 Å². The molecular weight excluding hydrogens is 291 g/mol. The quantitative estimate of drug-likeness (QED) is 0.788. The van der Waals surface area contributed by atoms with E-state index in [2.05, 4.69) is 15.3 Å². The molecule has 3 aromatic rings. The third-order valence-electron chi connectivity index (χ3n) is 2.68. The number of fused-ring (bicyclic) bond motifs is 1. The van der Waals surface area contributed by atoms with E-state index in [0.29, 0.717) is 17.1 Å². The Kier molecular flexibility index (Phi) is 2.94. The van der Waals surface area contributed by atoms with Crippen LogP contribution in [0, 0.1) is 0 Å². The summed E-state index contributed by atoms with van der Waals surface area (Å²) in [6, 6.07) is 7.15. The molecule has 0 saturated heterocycles. The van der Waals surface area contributed by atoms with Crippen LogP contribution in [0.25, 0.3) is 15.5 Å². The summed E-state index contributed by atoms with van der Waals surface area (Å²) in [7, 11) is 0. The van der Waals surface area contributed by atoms with Gasteiger partial charge in [-0.25, -0.2) is 0 Å². The molecule has 5 nitrogen and oxygen atoms in total. The first kappa shape index (κ1) is 13.0. The lowest BCUT2D eigenvalue weighted by atomic mass is 10.1. The van der Waals surface area contributed by atoms with Crippen LogP contribution in [-0.4, -0.2) is 19.8 Å². The minimum absolute atomic E-state index is 0.107. The summed E-state index contributed by atoms with van der Waals surface area (Å²) in [5.41, 5.74) is 7.14. The topological polar surface area (TPSA) is 69.1 Å². The molecule has 0 aliphatic carbocycles. The third-order valence-corrected chi connectivity index (χ3v) is 3.63. The molecule has 104 valence electrons. The van der Waals surface area contributed by atoms with E-state index in [0.717, 1.165) is 21.4 Å². The fraction of sp³-hybridized carbons (Fsp3) is 0.182. The zero-order valence-corrected chi connectivity index (χ0v) is 10.7. The molecular formula is C11H8F3N5S. The zero-order chi connectivity index (χ0) is 14.3. The number of hydrogen-bond acceptors (Lipinski definition) is 5. The van der Waals surface area contributed by atoms with Crippen LogP contribution in [0.3, 0.4) is 0 Å². The van der Waals surface area contributed by atoms with Gasteiger partial charge in [0.05, 0.1) is 0 Å². The van der Waals surface area contributed by atoms with Crippen molar-refractivity contribution in [2.24, 2.45) is 5.73 Å². The van der Waals surface area contributed by atoms with Crippen LogP contribution in [-0.2, 0) is 12.7 Å². The minimum atomic E-state index is -4.58. The second kappa shape index (κ2) is 4.53. The number of aromatic nitrogens is 4. The van der Waals surface area contributed by atoms with Crippen LogP contribution in [0.4, 0.5) is 13.2 Å². The average molecular weight is 299 g/mol. The fourth-order valence-corrected chi connectivity index (χ4v) is 2.54.